The van der Waals surface area contributed by atoms with E-state index in [0.717, 1.165) is 24.2 Å². The maximum Gasteiger partial charge on any atom is 0.123 e. The highest BCUT2D eigenvalue weighted by molar-refractivity contribution is 5.44. The van der Waals surface area contributed by atoms with E-state index in [9.17, 15) is 5.11 Å². The first-order chi connectivity index (χ1) is 8.93. The SMILES string of the molecule is CCNCc1cc(CN(C)C)cc(CC(C)N)c1O. The third kappa shape index (κ3) is 5.19. The lowest BCUT2D eigenvalue weighted by atomic mass is 9.99. The predicted molar refractivity (Wildman–Crippen MR) is 80.2 cm³/mol. The third-order valence-corrected chi connectivity index (χ3v) is 2.93. The highest BCUT2D eigenvalue weighted by Crippen LogP contribution is 2.26. The lowest BCUT2D eigenvalue weighted by molar-refractivity contribution is 0.400. The Bertz CT molecular complexity index is 403. The second kappa shape index (κ2) is 7.48. The van der Waals surface area contributed by atoms with Gasteiger partial charge in [0, 0.05) is 24.7 Å². The summed E-state index contributed by atoms with van der Waals surface area (Å²) in [5.74, 6) is 0.390. The van der Waals surface area contributed by atoms with Gasteiger partial charge in [0.2, 0.25) is 0 Å². The van der Waals surface area contributed by atoms with Crippen molar-refractivity contribution in [1.29, 1.82) is 0 Å². The first-order valence-corrected chi connectivity index (χ1v) is 6.88. The number of rotatable bonds is 7. The van der Waals surface area contributed by atoms with E-state index < -0.39 is 0 Å². The standard InChI is InChI=1S/C15H27N3O/c1-5-17-9-14-8-12(10-18(3)4)7-13(15(14)19)6-11(2)16/h7-8,11,17,19H,5-6,9-10,16H2,1-4H3. The van der Waals surface area contributed by atoms with Crippen molar-refractivity contribution in [2.75, 3.05) is 20.6 Å². The second-order valence-electron chi connectivity index (χ2n) is 5.46. The summed E-state index contributed by atoms with van der Waals surface area (Å²) in [7, 11) is 4.09. The zero-order valence-corrected chi connectivity index (χ0v) is 12.5. The fourth-order valence-electron chi connectivity index (χ4n) is 2.19. The van der Waals surface area contributed by atoms with Crippen molar-refractivity contribution >= 4 is 0 Å². The Balaban J connectivity index is 3.06. The van der Waals surface area contributed by atoms with E-state index in [1.54, 1.807) is 0 Å². The van der Waals surface area contributed by atoms with Crippen molar-refractivity contribution in [2.45, 2.75) is 39.4 Å². The molecule has 19 heavy (non-hydrogen) atoms. The van der Waals surface area contributed by atoms with Crippen LogP contribution in [0.15, 0.2) is 12.1 Å². The molecule has 1 aromatic rings. The number of phenolic OH excluding ortho intramolecular Hbond substituents is 1. The van der Waals surface area contributed by atoms with Gasteiger partial charge in [-0.15, -0.1) is 0 Å². The van der Waals surface area contributed by atoms with Crippen LogP contribution in [0.1, 0.15) is 30.5 Å². The summed E-state index contributed by atoms with van der Waals surface area (Å²) in [6.45, 7) is 6.46. The van der Waals surface area contributed by atoms with Crippen LogP contribution in [0.3, 0.4) is 0 Å². The molecule has 0 amide bonds. The monoisotopic (exact) mass is 265 g/mol. The highest BCUT2D eigenvalue weighted by atomic mass is 16.3. The van der Waals surface area contributed by atoms with Gasteiger partial charge in [0.25, 0.3) is 0 Å². The first kappa shape index (κ1) is 16.0. The molecule has 0 bridgehead atoms. The van der Waals surface area contributed by atoms with E-state index in [2.05, 4.69) is 29.3 Å². The molecule has 0 spiro atoms. The molecule has 1 atom stereocenters. The fourth-order valence-corrected chi connectivity index (χ4v) is 2.19. The Hall–Kier alpha value is -1.10. The van der Waals surface area contributed by atoms with Crippen molar-refractivity contribution in [3.05, 3.63) is 28.8 Å². The van der Waals surface area contributed by atoms with E-state index in [1.165, 1.54) is 5.56 Å². The van der Waals surface area contributed by atoms with Gasteiger partial charge in [-0.2, -0.15) is 0 Å². The molecule has 4 nitrogen and oxygen atoms in total. The Labute approximate surface area is 116 Å². The number of aromatic hydroxyl groups is 1. The van der Waals surface area contributed by atoms with Crippen LogP contribution in [0.5, 0.6) is 5.75 Å². The average Bonchev–Trinajstić information content (AvgIpc) is 2.30. The number of hydrogen-bond donors (Lipinski definition) is 3. The van der Waals surface area contributed by atoms with E-state index in [4.69, 9.17) is 5.73 Å². The normalized spacial score (nSPS) is 12.9. The molecular formula is C15H27N3O. The molecule has 0 aromatic heterocycles. The molecule has 0 aliphatic rings. The molecule has 0 fully saturated rings. The molecule has 0 saturated heterocycles. The van der Waals surface area contributed by atoms with Crippen LogP contribution in [0.2, 0.25) is 0 Å². The summed E-state index contributed by atoms with van der Waals surface area (Å²) >= 11 is 0. The summed E-state index contributed by atoms with van der Waals surface area (Å²) in [5, 5.41) is 13.6. The van der Waals surface area contributed by atoms with Crippen LogP contribution in [0.25, 0.3) is 0 Å². The molecule has 0 saturated carbocycles. The van der Waals surface area contributed by atoms with Gasteiger partial charge in [-0.3, -0.25) is 0 Å². The topological polar surface area (TPSA) is 61.5 Å². The van der Waals surface area contributed by atoms with Crippen molar-refractivity contribution in [2.24, 2.45) is 5.73 Å². The van der Waals surface area contributed by atoms with E-state index >= 15 is 0 Å². The number of benzene rings is 1. The molecule has 1 aromatic carbocycles. The molecule has 0 aliphatic heterocycles. The highest BCUT2D eigenvalue weighted by Gasteiger charge is 2.11. The smallest absolute Gasteiger partial charge is 0.123 e. The molecule has 4 N–H and O–H groups in total. The van der Waals surface area contributed by atoms with Crippen LogP contribution in [-0.2, 0) is 19.5 Å². The predicted octanol–water partition coefficient (Wildman–Crippen LogP) is 1.45. The lowest BCUT2D eigenvalue weighted by Gasteiger charge is -2.17. The zero-order valence-electron chi connectivity index (χ0n) is 12.5. The van der Waals surface area contributed by atoms with Crippen LogP contribution in [-0.4, -0.2) is 36.7 Å². The minimum absolute atomic E-state index is 0.0486. The van der Waals surface area contributed by atoms with Crippen molar-refractivity contribution in [3.63, 3.8) is 0 Å². The summed E-state index contributed by atoms with van der Waals surface area (Å²) in [6.07, 6.45) is 0.701. The van der Waals surface area contributed by atoms with Gasteiger partial charge in [-0.05, 0) is 51.2 Å². The maximum absolute atomic E-state index is 10.3. The summed E-state index contributed by atoms with van der Waals surface area (Å²) < 4.78 is 0. The first-order valence-electron chi connectivity index (χ1n) is 6.88. The maximum atomic E-state index is 10.3. The quantitative estimate of drug-likeness (QED) is 0.698. The summed E-state index contributed by atoms with van der Waals surface area (Å²) in [4.78, 5) is 2.12. The van der Waals surface area contributed by atoms with E-state index in [0.29, 0.717) is 18.7 Å². The van der Waals surface area contributed by atoms with Gasteiger partial charge >= 0.3 is 0 Å². The molecule has 0 radical (unpaired) electrons. The van der Waals surface area contributed by atoms with Gasteiger partial charge in [0.1, 0.15) is 5.75 Å². The van der Waals surface area contributed by atoms with E-state index in [-0.39, 0.29) is 6.04 Å². The summed E-state index contributed by atoms with van der Waals surface area (Å²) in [5.41, 5.74) is 8.97. The number of nitrogens with one attached hydrogen (secondary N) is 1. The molecule has 1 rings (SSSR count). The zero-order chi connectivity index (χ0) is 14.4. The lowest BCUT2D eigenvalue weighted by Crippen LogP contribution is -2.19. The number of hydrogen-bond acceptors (Lipinski definition) is 4. The van der Waals surface area contributed by atoms with Gasteiger partial charge in [0.15, 0.2) is 0 Å². The van der Waals surface area contributed by atoms with Gasteiger partial charge in [0.05, 0.1) is 0 Å². The van der Waals surface area contributed by atoms with Crippen LogP contribution in [0.4, 0.5) is 0 Å². The molecule has 0 aliphatic carbocycles. The number of nitrogens with two attached hydrogens (primary N) is 1. The van der Waals surface area contributed by atoms with Gasteiger partial charge in [-0.25, -0.2) is 0 Å². The molecule has 0 heterocycles. The van der Waals surface area contributed by atoms with Crippen LogP contribution >= 0.6 is 0 Å². The summed E-state index contributed by atoms with van der Waals surface area (Å²) in [6, 6.07) is 4.18. The van der Waals surface area contributed by atoms with Gasteiger partial charge < -0.3 is 21.1 Å². The molecule has 108 valence electrons. The van der Waals surface area contributed by atoms with E-state index in [1.807, 2.05) is 21.0 Å². The van der Waals surface area contributed by atoms with Crippen molar-refractivity contribution < 1.29 is 5.11 Å². The molecular weight excluding hydrogens is 238 g/mol. The molecule has 1 unspecified atom stereocenters. The van der Waals surface area contributed by atoms with Gasteiger partial charge in [-0.1, -0.05) is 13.0 Å². The third-order valence-electron chi connectivity index (χ3n) is 2.93. The Morgan fingerprint density at radius 2 is 1.95 bits per heavy atom. The fraction of sp³-hybridized carbons (Fsp3) is 0.600. The van der Waals surface area contributed by atoms with Crippen LogP contribution in [0, 0.1) is 0 Å². The minimum Gasteiger partial charge on any atom is -0.507 e. The average molecular weight is 265 g/mol. The molecule has 4 heteroatoms. The Kier molecular flexibility index (Phi) is 6.28. The minimum atomic E-state index is 0.0486. The number of nitrogens with zero attached hydrogens (tertiary/aromatic N) is 1. The Morgan fingerprint density at radius 1 is 1.32 bits per heavy atom. The van der Waals surface area contributed by atoms with Crippen molar-refractivity contribution in [1.82, 2.24) is 10.2 Å². The Morgan fingerprint density at radius 3 is 2.47 bits per heavy atom. The van der Waals surface area contributed by atoms with Crippen LogP contribution < -0.4 is 11.1 Å². The second-order valence-corrected chi connectivity index (χ2v) is 5.46. The number of phenols is 1. The largest absolute Gasteiger partial charge is 0.507 e. The van der Waals surface area contributed by atoms with Crippen molar-refractivity contribution in [3.8, 4) is 5.75 Å².